The zero-order valence-corrected chi connectivity index (χ0v) is 26.7. The van der Waals surface area contributed by atoms with Gasteiger partial charge in [-0.3, -0.25) is 4.79 Å². The minimum Gasteiger partial charge on any atom is -0.508 e. The molecule has 6 heteroatoms. The molecule has 5 nitrogen and oxygen atoms in total. The number of nitrogens with zero attached hydrogens (tertiary/aromatic N) is 1. The summed E-state index contributed by atoms with van der Waals surface area (Å²) in [6.07, 6.45) is 10.6. The number of benzene rings is 2. The minimum atomic E-state index is -0.988. The predicted molar refractivity (Wildman–Crippen MR) is 172 cm³/mol. The molecule has 0 spiro atoms. The van der Waals surface area contributed by atoms with E-state index < -0.39 is 12.3 Å². The summed E-state index contributed by atoms with van der Waals surface area (Å²) >= 11 is 0. The number of rotatable bonds is 10. The standard InChI is InChI=1S/C38H52FNO4/c1-3-44-30-15-12-26(13-16-30)37(43)40(24-25-9-5-4-6-10-25)20-8-7-11-27-21-28-22-29(41)14-17-31(28)36-33(39)23-38(2)32(35(27)36)18-19-34(38)42/h12-17,22,25,27,32-36,41-42H,3-11,18-21,23-24H2,1-2H3/t27-,32?,33+,34+,35?,36?,38+/m1/s1. The largest absolute Gasteiger partial charge is 0.508 e. The SMILES string of the molecule is CCOc1ccc(C(=O)N(CCCC[C@@H]2Cc3cc(O)ccc3C3C2C2CC[C@H](O)[C@@]2(C)C[C@@H]3F)CC2CCCCC2)cc1. The molecule has 4 aliphatic rings. The molecule has 44 heavy (non-hydrogen) atoms. The number of carbonyl (C=O) groups excluding carboxylic acids is 1. The molecule has 240 valence electrons. The van der Waals surface area contributed by atoms with Gasteiger partial charge in [0, 0.05) is 24.6 Å². The number of unbranched alkanes of at least 4 members (excludes halogenated alkanes) is 1. The second-order valence-corrected chi connectivity index (χ2v) is 14.6. The van der Waals surface area contributed by atoms with Crippen molar-refractivity contribution in [3.63, 3.8) is 0 Å². The molecule has 4 aliphatic carbocycles. The first-order chi connectivity index (χ1) is 21.3. The molecule has 0 bridgehead atoms. The number of phenolic OH excluding ortho intramolecular Hbond substituents is 1. The van der Waals surface area contributed by atoms with Gasteiger partial charge in [0.2, 0.25) is 0 Å². The Labute approximate surface area is 263 Å². The maximum atomic E-state index is 16.1. The second kappa shape index (κ2) is 13.4. The number of aliphatic hydroxyl groups is 1. The number of phenols is 1. The van der Waals surface area contributed by atoms with Gasteiger partial charge < -0.3 is 19.8 Å². The average Bonchev–Trinajstić information content (AvgIpc) is 3.32. The summed E-state index contributed by atoms with van der Waals surface area (Å²) < 4.78 is 21.7. The topological polar surface area (TPSA) is 70.0 Å². The Morgan fingerprint density at radius 1 is 1.05 bits per heavy atom. The Morgan fingerprint density at radius 3 is 2.57 bits per heavy atom. The molecule has 2 aromatic rings. The van der Waals surface area contributed by atoms with Crippen LogP contribution in [0.1, 0.15) is 112 Å². The van der Waals surface area contributed by atoms with Crippen LogP contribution in [0.3, 0.4) is 0 Å². The Morgan fingerprint density at radius 2 is 1.82 bits per heavy atom. The molecule has 0 aliphatic heterocycles. The summed E-state index contributed by atoms with van der Waals surface area (Å²) in [7, 11) is 0. The maximum Gasteiger partial charge on any atom is 0.253 e. The number of carbonyl (C=O) groups is 1. The first kappa shape index (κ1) is 31.4. The van der Waals surface area contributed by atoms with Crippen molar-refractivity contribution in [1.82, 2.24) is 4.90 Å². The third-order valence-electron chi connectivity index (χ3n) is 11.9. The van der Waals surface area contributed by atoms with Gasteiger partial charge in [0.15, 0.2) is 0 Å². The number of hydrogen-bond donors (Lipinski definition) is 2. The number of amides is 1. The van der Waals surface area contributed by atoms with Crippen molar-refractivity contribution in [2.24, 2.45) is 29.1 Å². The van der Waals surface area contributed by atoms with E-state index in [9.17, 15) is 15.0 Å². The molecule has 1 amide bonds. The van der Waals surface area contributed by atoms with Crippen LogP contribution in [0.2, 0.25) is 0 Å². The van der Waals surface area contributed by atoms with Gasteiger partial charge in [-0.15, -0.1) is 0 Å². The Kier molecular flexibility index (Phi) is 9.56. The lowest BCUT2D eigenvalue weighted by Gasteiger charge is -2.54. The fourth-order valence-corrected chi connectivity index (χ4v) is 9.74. The van der Waals surface area contributed by atoms with Gasteiger partial charge in [0.1, 0.15) is 17.7 Å². The van der Waals surface area contributed by atoms with E-state index in [1.807, 2.05) is 43.3 Å². The van der Waals surface area contributed by atoms with Crippen LogP contribution in [-0.2, 0) is 6.42 Å². The van der Waals surface area contributed by atoms with Gasteiger partial charge in [0.25, 0.3) is 5.91 Å². The first-order valence-corrected chi connectivity index (χ1v) is 17.4. The third kappa shape index (κ3) is 6.25. The summed E-state index contributed by atoms with van der Waals surface area (Å²) in [5.74, 6) is 2.34. The van der Waals surface area contributed by atoms with Crippen LogP contribution in [0.5, 0.6) is 11.5 Å². The molecule has 0 heterocycles. The van der Waals surface area contributed by atoms with E-state index in [-0.39, 0.29) is 28.9 Å². The predicted octanol–water partition coefficient (Wildman–Crippen LogP) is 8.08. The second-order valence-electron chi connectivity index (χ2n) is 14.6. The number of aromatic hydroxyl groups is 1. The molecule has 0 saturated heterocycles. The van der Waals surface area contributed by atoms with Gasteiger partial charge in [0.05, 0.1) is 12.7 Å². The Balaban J connectivity index is 1.16. The summed E-state index contributed by atoms with van der Waals surface area (Å²) in [5, 5.41) is 21.3. The number of fused-ring (bicyclic) bond motifs is 5. The van der Waals surface area contributed by atoms with Gasteiger partial charge >= 0.3 is 0 Å². The fourth-order valence-electron chi connectivity index (χ4n) is 9.74. The van der Waals surface area contributed by atoms with E-state index in [1.54, 1.807) is 6.07 Å². The quantitative estimate of drug-likeness (QED) is 0.269. The highest BCUT2D eigenvalue weighted by Crippen LogP contribution is 2.63. The Hall–Kier alpha value is -2.60. The molecule has 3 unspecified atom stereocenters. The number of hydrogen-bond acceptors (Lipinski definition) is 4. The van der Waals surface area contributed by atoms with E-state index in [0.717, 1.165) is 68.5 Å². The van der Waals surface area contributed by atoms with Crippen molar-refractivity contribution in [2.45, 2.75) is 109 Å². The lowest BCUT2D eigenvalue weighted by Crippen LogP contribution is -2.51. The smallest absolute Gasteiger partial charge is 0.253 e. The number of alkyl halides is 1. The van der Waals surface area contributed by atoms with Crippen molar-refractivity contribution in [2.75, 3.05) is 19.7 Å². The summed E-state index contributed by atoms with van der Waals surface area (Å²) in [6.45, 7) is 6.22. The van der Waals surface area contributed by atoms with Gasteiger partial charge in [-0.05, 0) is 135 Å². The fraction of sp³-hybridized carbons (Fsp3) is 0.658. The Bertz CT molecular complexity index is 1280. The van der Waals surface area contributed by atoms with Crippen molar-refractivity contribution >= 4 is 5.91 Å². The highest BCUT2D eigenvalue weighted by atomic mass is 19.1. The molecular weight excluding hydrogens is 553 g/mol. The van der Waals surface area contributed by atoms with Crippen molar-refractivity contribution in [3.8, 4) is 11.5 Å². The van der Waals surface area contributed by atoms with Crippen LogP contribution in [0.15, 0.2) is 42.5 Å². The van der Waals surface area contributed by atoms with Crippen LogP contribution in [0.4, 0.5) is 4.39 Å². The molecule has 3 fully saturated rings. The lowest BCUT2D eigenvalue weighted by molar-refractivity contribution is -0.0722. The highest BCUT2D eigenvalue weighted by Gasteiger charge is 2.59. The molecule has 2 aromatic carbocycles. The normalized spacial score (nSPS) is 31.5. The zero-order chi connectivity index (χ0) is 30.8. The van der Waals surface area contributed by atoms with Crippen LogP contribution in [0, 0.1) is 29.1 Å². The van der Waals surface area contributed by atoms with E-state index in [4.69, 9.17) is 4.74 Å². The number of aliphatic hydroxyl groups excluding tert-OH is 1. The zero-order valence-electron chi connectivity index (χ0n) is 26.7. The van der Waals surface area contributed by atoms with E-state index in [2.05, 4.69) is 11.8 Å². The molecule has 0 aromatic heterocycles. The van der Waals surface area contributed by atoms with Crippen LogP contribution in [0.25, 0.3) is 0 Å². The summed E-state index contributed by atoms with van der Waals surface area (Å²) in [6, 6.07) is 13.1. The molecule has 3 saturated carbocycles. The maximum absolute atomic E-state index is 16.1. The van der Waals surface area contributed by atoms with Crippen molar-refractivity contribution in [3.05, 3.63) is 59.2 Å². The first-order valence-electron chi connectivity index (χ1n) is 17.4. The van der Waals surface area contributed by atoms with Gasteiger partial charge in [-0.25, -0.2) is 4.39 Å². The summed E-state index contributed by atoms with van der Waals surface area (Å²) in [4.78, 5) is 15.9. The van der Waals surface area contributed by atoms with Crippen molar-refractivity contribution < 1.29 is 24.1 Å². The van der Waals surface area contributed by atoms with E-state index in [1.165, 1.54) is 32.1 Å². The number of ether oxygens (including phenoxy) is 1. The lowest BCUT2D eigenvalue weighted by atomic mass is 9.51. The summed E-state index contributed by atoms with van der Waals surface area (Å²) in [5.41, 5.74) is 2.50. The van der Waals surface area contributed by atoms with Crippen LogP contribution in [-0.4, -0.2) is 53.0 Å². The van der Waals surface area contributed by atoms with E-state index >= 15 is 4.39 Å². The van der Waals surface area contributed by atoms with Gasteiger partial charge in [-0.1, -0.05) is 38.7 Å². The molecule has 2 N–H and O–H groups in total. The molecule has 6 rings (SSSR count). The van der Waals surface area contributed by atoms with Crippen molar-refractivity contribution in [1.29, 1.82) is 0 Å². The highest BCUT2D eigenvalue weighted by molar-refractivity contribution is 5.94. The minimum absolute atomic E-state index is 0.101. The van der Waals surface area contributed by atoms with Crippen LogP contribution >= 0.6 is 0 Å². The van der Waals surface area contributed by atoms with E-state index in [0.29, 0.717) is 36.3 Å². The molecular formula is C38H52FNO4. The third-order valence-corrected chi connectivity index (χ3v) is 11.9. The molecule has 0 radical (unpaired) electrons. The average molecular weight is 606 g/mol. The molecule has 7 atom stereocenters. The van der Waals surface area contributed by atoms with Crippen LogP contribution < -0.4 is 4.74 Å². The van der Waals surface area contributed by atoms with Gasteiger partial charge in [-0.2, -0.15) is 0 Å². The monoisotopic (exact) mass is 605 g/mol. The number of halogens is 1.